The summed E-state index contributed by atoms with van der Waals surface area (Å²) in [5, 5.41) is 8.71. The number of thioether (sulfide) groups is 1. The Morgan fingerprint density at radius 1 is 1.11 bits per heavy atom. The standard InChI is InChI=1S/C21H23N3O3S/c1-27-12-11-24-21(26)18-10-6-5-9-17(18)19(23-24)13-22-20(25)15-28-14-16-7-3-2-4-8-16/h2-10H,11-15H2,1H3,(H,22,25). The van der Waals surface area contributed by atoms with Crippen molar-refractivity contribution in [3.05, 3.63) is 76.2 Å². The fraction of sp³-hybridized carbons (Fsp3) is 0.286. The number of ether oxygens (including phenoxy) is 1. The number of carbonyl (C=O) groups excluding carboxylic acids is 1. The fourth-order valence-electron chi connectivity index (χ4n) is 2.83. The van der Waals surface area contributed by atoms with E-state index in [4.69, 9.17) is 4.74 Å². The zero-order chi connectivity index (χ0) is 19.8. The summed E-state index contributed by atoms with van der Waals surface area (Å²) in [6.07, 6.45) is 0. The molecule has 0 spiro atoms. The normalized spacial score (nSPS) is 10.9. The van der Waals surface area contributed by atoms with Crippen molar-refractivity contribution < 1.29 is 9.53 Å². The zero-order valence-electron chi connectivity index (χ0n) is 15.8. The van der Waals surface area contributed by atoms with Crippen LogP contribution in [0.2, 0.25) is 0 Å². The van der Waals surface area contributed by atoms with Crippen LogP contribution in [0, 0.1) is 0 Å². The average molecular weight is 398 g/mol. The van der Waals surface area contributed by atoms with E-state index in [0.29, 0.717) is 30.0 Å². The van der Waals surface area contributed by atoms with Crippen LogP contribution < -0.4 is 10.9 Å². The van der Waals surface area contributed by atoms with Gasteiger partial charge in [-0.15, -0.1) is 11.8 Å². The van der Waals surface area contributed by atoms with Crippen LogP contribution in [0.25, 0.3) is 10.8 Å². The SMILES string of the molecule is COCCn1nc(CNC(=O)CSCc2ccccc2)c2ccccc2c1=O. The molecule has 3 rings (SSSR count). The highest BCUT2D eigenvalue weighted by molar-refractivity contribution is 7.99. The second-order valence-electron chi connectivity index (χ2n) is 6.27. The van der Waals surface area contributed by atoms with Crippen LogP contribution in [-0.4, -0.2) is 35.2 Å². The summed E-state index contributed by atoms with van der Waals surface area (Å²) in [5.41, 5.74) is 1.71. The maximum absolute atomic E-state index is 12.6. The number of carbonyl (C=O) groups is 1. The van der Waals surface area contributed by atoms with Gasteiger partial charge in [-0.2, -0.15) is 5.10 Å². The number of benzene rings is 2. The third kappa shape index (κ3) is 5.21. The van der Waals surface area contributed by atoms with Crippen LogP contribution in [0.4, 0.5) is 0 Å². The van der Waals surface area contributed by atoms with Gasteiger partial charge in [0.2, 0.25) is 5.91 Å². The Balaban J connectivity index is 1.65. The molecule has 7 heteroatoms. The quantitative estimate of drug-likeness (QED) is 0.601. The molecule has 0 aliphatic rings. The molecule has 0 radical (unpaired) electrons. The zero-order valence-corrected chi connectivity index (χ0v) is 16.6. The monoisotopic (exact) mass is 397 g/mol. The van der Waals surface area contributed by atoms with Gasteiger partial charge in [0, 0.05) is 18.2 Å². The number of amides is 1. The van der Waals surface area contributed by atoms with Crippen LogP contribution >= 0.6 is 11.8 Å². The molecular weight excluding hydrogens is 374 g/mol. The molecule has 1 aromatic heterocycles. The molecule has 0 unspecified atom stereocenters. The lowest BCUT2D eigenvalue weighted by molar-refractivity contribution is -0.118. The summed E-state index contributed by atoms with van der Waals surface area (Å²) in [5.74, 6) is 1.11. The molecule has 0 saturated heterocycles. The van der Waals surface area contributed by atoms with Crippen molar-refractivity contribution in [3.8, 4) is 0 Å². The van der Waals surface area contributed by atoms with E-state index in [2.05, 4.69) is 10.4 Å². The molecule has 0 aliphatic heterocycles. The van der Waals surface area contributed by atoms with Gasteiger partial charge in [0.15, 0.2) is 0 Å². The van der Waals surface area contributed by atoms with E-state index < -0.39 is 0 Å². The Morgan fingerprint density at radius 3 is 2.57 bits per heavy atom. The maximum Gasteiger partial charge on any atom is 0.274 e. The van der Waals surface area contributed by atoms with E-state index in [1.165, 1.54) is 10.2 Å². The molecule has 28 heavy (non-hydrogen) atoms. The van der Waals surface area contributed by atoms with Gasteiger partial charge in [-0.1, -0.05) is 48.5 Å². The van der Waals surface area contributed by atoms with Gasteiger partial charge >= 0.3 is 0 Å². The van der Waals surface area contributed by atoms with Crippen molar-refractivity contribution >= 4 is 28.4 Å². The number of rotatable bonds is 9. The van der Waals surface area contributed by atoms with Gasteiger partial charge in [-0.05, 0) is 11.6 Å². The highest BCUT2D eigenvalue weighted by atomic mass is 32.2. The topological polar surface area (TPSA) is 73.2 Å². The van der Waals surface area contributed by atoms with Gasteiger partial charge < -0.3 is 10.1 Å². The lowest BCUT2D eigenvalue weighted by atomic mass is 10.1. The molecular formula is C21H23N3O3S. The third-order valence-corrected chi connectivity index (χ3v) is 5.25. The Morgan fingerprint density at radius 2 is 1.82 bits per heavy atom. The number of methoxy groups -OCH3 is 1. The van der Waals surface area contributed by atoms with Crippen LogP contribution in [-0.2, 0) is 28.4 Å². The minimum Gasteiger partial charge on any atom is -0.383 e. The van der Waals surface area contributed by atoms with Crippen LogP contribution in [0.1, 0.15) is 11.3 Å². The summed E-state index contributed by atoms with van der Waals surface area (Å²) in [6, 6.07) is 17.4. The molecule has 1 N–H and O–H groups in total. The van der Waals surface area contributed by atoms with Gasteiger partial charge in [-0.3, -0.25) is 9.59 Å². The minimum atomic E-state index is -0.152. The molecule has 3 aromatic rings. The summed E-state index contributed by atoms with van der Waals surface area (Å²) >= 11 is 1.57. The number of aromatic nitrogens is 2. The van der Waals surface area contributed by atoms with Crippen LogP contribution in [0.3, 0.4) is 0 Å². The minimum absolute atomic E-state index is 0.0542. The predicted octanol–water partition coefficient (Wildman–Crippen LogP) is 2.59. The number of nitrogens with one attached hydrogen (secondary N) is 1. The second-order valence-corrected chi connectivity index (χ2v) is 7.25. The Kier molecular flexibility index (Phi) is 7.22. The fourth-order valence-corrected chi connectivity index (χ4v) is 3.65. The lowest BCUT2D eigenvalue weighted by Crippen LogP contribution is -2.30. The molecule has 6 nitrogen and oxygen atoms in total. The summed E-state index contributed by atoms with van der Waals surface area (Å²) in [4.78, 5) is 24.8. The van der Waals surface area contributed by atoms with Crippen molar-refractivity contribution in [3.63, 3.8) is 0 Å². The Labute approximate surface area is 167 Å². The first-order valence-electron chi connectivity index (χ1n) is 9.05. The molecule has 146 valence electrons. The highest BCUT2D eigenvalue weighted by Crippen LogP contribution is 2.14. The number of hydrogen-bond donors (Lipinski definition) is 1. The van der Waals surface area contributed by atoms with Crippen LogP contribution in [0.15, 0.2) is 59.4 Å². The molecule has 0 saturated carbocycles. The van der Waals surface area contributed by atoms with E-state index in [1.807, 2.05) is 48.5 Å². The molecule has 1 heterocycles. The number of hydrogen-bond acceptors (Lipinski definition) is 5. The first-order chi connectivity index (χ1) is 13.7. The average Bonchev–Trinajstić information content (AvgIpc) is 2.73. The maximum atomic E-state index is 12.6. The molecule has 0 aliphatic carbocycles. The van der Waals surface area contributed by atoms with Crippen molar-refractivity contribution in [2.24, 2.45) is 0 Å². The predicted molar refractivity (Wildman–Crippen MR) is 112 cm³/mol. The van der Waals surface area contributed by atoms with Crippen molar-refractivity contribution in [2.45, 2.75) is 18.8 Å². The summed E-state index contributed by atoms with van der Waals surface area (Å²) < 4.78 is 6.46. The molecule has 2 aromatic carbocycles. The number of fused-ring (bicyclic) bond motifs is 1. The summed E-state index contributed by atoms with van der Waals surface area (Å²) in [7, 11) is 1.58. The molecule has 1 amide bonds. The smallest absolute Gasteiger partial charge is 0.274 e. The number of nitrogens with zero attached hydrogens (tertiary/aromatic N) is 2. The van der Waals surface area contributed by atoms with Crippen molar-refractivity contribution in [2.75, 3.05) is 19.5 Å². The Bertz CT molecular complexity index is 989. The van der Waals surface area contributed by atoms with Crippen molar-refractivity contribution in [1.82, 2.24) is 15.1 Å². The lowest BCUT2D eigenvalue weighted by Gasteiger charge is -2.11. The third-order valence-electron chi connectivity index (χ3n) is 4.25. The van der Waals surface area contributed by atoms with Crippen molar-refractivity contribution in [1.29, 1.82) is 0 Å². The van der Waals surface area contributed by atoms with E-state index in [1.54, 1.807) is 24.9 Å². The van der Waals surface area contributed by atoms with E-state index in [-0.39, 0.29) is 18.0 Å². The first kappa shape index (κ1) is 20.1. The van der Waals surface area contributed by atoms with Gasteiger partial charge in [-0.25, -0.2) is 4.68 Å². The van der Waals surface area contributed by atoms with Gasteiger partial charge in [0.05, 0.1) is 36.5 Å². The van der Waals surface area contributed by atoms with E-state index in [0.717, 1.165) is 11.1 Å². The van der Waals surface area contributed by atoms with E-state index >= 15 is 0 Å². The molecule has 0 bridgehead atoms. The molecule has 0 fully saturated rings. The summed E-state index contributed by atoms with van der Waals surface area (Å²) in [6.45, 7) is 1.04. The van der Waals surface area contributed by atoms with Crippen LogP contribution in [0.5, 0.6) is 0 Å². The Hall–Kier alpha value is -2.64. The van der Waals surface area contributed by atoms with E-state index in [9.17, 15) is 9.59 Å². The molecule has 0 atom stereocenters. The highest BCUT2D eigenvalue weighted by Gasteiger charge is 2.11. The van der Waals surface area contributed by atoms with Gasteiger partial charge in [0.1, 0.15) is 0 Å². The largest absolute Gasteiger partial charge is 0.383 e. The van der Waals surface area contributed by atoms with Gasteiger partial charge in [0.25, 0.3) is 5.56 Å². The first-order valence-corrected chi connectivity index (χ1v) is 10.2. The second kappa shape index (κ2) is 10.1.